The molecule has 16 heavy (non-hydrogen) atoms. The van der Waals surface area contributed by atoms with Crippen molar-refractivity contribution >= 4 is 0 Å². The Labute approximate surface area is 98.9 Å². The van der Waals surface area contributed by atoms with Gasteiger partial charge in [-0.1, -0.05) is 0 Å². The number of hydrogen-bond donors (Lipinski definition) is 1. The molecule has 0 aromatic rings. The molecule has 0 atom stereocenters. The first-order chi connectivity index (χ1) is 7.84. The fourth-order valence-electron chi connectivity index (χ4n) is 2.40. The van der Waals surface area contributed by atoms with Crippen LogP contribution >= 0.6 is 0 Å². The standard InChI is InChI=1S/C12H25N3O/c1-14-6-8-15(9-7-14)5-4-13-12-2-10-16-11-3-12/h12-13H,2-11H2,1H3. The Kier molecular flexibility index (Phi) is 5.03. The van der Waals surface area contributed by atoms with Crippen LogP contribution in [0.4, 0.5) is 0 Å². The Bertz CT molecular complexity index is 187. The highest BCUT2D eigenvalue weighted by molar-refractivity contribution is 4.73. The largest absolute Gasteiger partial charge is 0.381 e. The summed E-state index contributed by atoms with van der Waals surface area (Å²) in [7, 11) is 2.21. The number of nitrogens with one attached hydrogen (secondary N) is 1. The van der Waals surface area contributed by atoms with E-state index in [0.717, 1.165) is 19.8 Å². The summed E-state index contributed by atoms with van der Waals surface area (Å²) in [5.74, 6) is 0. The molecule has 0 aromatic carbocycles. The predicted molar refractivity (Wildman–Crippen MR) is 65.8 cm³/mol. The van der Waals surface area contributed by atoms with Gasteiger partial charge in [0.05, 0.1) is 0 Å². The second-order valence-electron chi connectivity index (χ2n) is 4.99. The van der Waals surface area contributed by atoms with Crippen molar-refractivity contribution in [2.24, 2.45) is 0 Å². The zero-order valence-corrected chi connectivity index (χ0v) is 10.5. The van der Waals surface area contributed by atoms with Gasteiger partial charge in [0.25, 0.3) is 0 Å². The Hall–Kier alpha value is -0.160. The highest BCUT2D eigenvalue weighted by Gasteiger charge is 2.15. The van der Waals surface area contributed by atoms with Crippen molar-refractivity contribution in [2.45, 2.75) is 18.9 Å². The molecule has 0 aliphatic carbocycles. The van der Waals surface area contributed by atoms with Gasteiger partial charge in [-0.2, -0.15) is 0 Å². The molecule has 2 heterocycles. The summed E-state index contributed by atoms with van der Waals surface area (Å²) >= 11 is 0. The highest BCUT2D eigenvalue weighted by atomic mass is 16.5. The van der Waals surface area contributed by atoms with Gasteiger partial charge in [0.2, 0.25) is 0 Å². The van der Waals surface area contributed by atoms with Gasteiger partial charge in [-0.15, -0.1) is 0 Å². The van der Waals surface area contributed by atoms with Crippen LogP contribution in [-0.4, -0.2) is 75.4 Å². The van der Waals surface area contributed by atoms with E-state index in [-0.39, 0.29) is 0 Å². The molecule has 94 valence electrons. The molecular weight excluding hydrogens is 202 g/mol. The molecule has 1 N–H and O–H groups in total. The summed E-state index contributed by atoms with van der Waals surface area (Å²) in [4.78, 5) is 4.97. The van der Waals surface area contributed by atoms with Crippen molar-refractivity contribution in [3.05, 3.63) is 0 Å². The topological polar surface area (TPSA) is 27.7 Å². The molecule has 2 saturated heterocycles. The monoisotopic (exact) mass is 227 g/mol. The molecule has 2 fully saturated rings. The Morgan fingerprint density at radius 3 is 2.50 bits per heavy atom. The third kappa shape index (κ3) is 4.01. The van der Waals surface area contributed by atoms with Crippen LogP contribution in [0, 0.1) is 0 Å². The number of likely N-dealkylation sites (N-methyl/N-ethyl adjacent to an activating group) is 1. The first kappa shape index (κ1) is 12.3. The maximum atomic E-state index is 5.35. The zero-order chi connectivity index (χ0) is 11.2. The second-order valence-corrected chi connectivity index (χ2v) is 4.99. The van der Waals surface area contributed by atoms with Crippen LogP contribution in [0.2, 0.25) is 0 Å². The van der Waals surface area contributed by atoms with Crippen molar-refractivity contribution in [2.75, 3.05) is 59.5 Å². The summed E-state index contributed by atoms with van der Waals surface area (Å²) in [5.41, 5.74) is 0. The van der Waals surface area contributed by atoms with Gasteiger partial charge in [-0.3, -0.25) is 4.90 Å². The fourth-order valence-corrected chi connectivity index (χ4v) is 2.40. The molecule has 0 aromatic heterocycles. The van der Waals surface area contributed by atoms with Gasteiger partial charge >= 0.3 is 0 Å². The van der Waals surface area contributed by atoms with E-state index in [1.165, 1.54) is 45.6 Å². The summed E-state index contributed by atoms with van der Waals surface area (Å²) in [6, 6.07) is 0.696. The maximum absolute atomic E-state index is 5.35. The van der Waals surface area contributed by atoms with E-state index in [1.54, 1.807) is 0 Å². The van der Waals surface area contributed by atoms with E-state index in [2.05, 4.69) is 22.2 Å². The number of nitrogens with zero attached hydrogens (tertiary/aromatic N) is 2. The number of ether oxygens (including phenoxy) is 1. The minimum Gasteiger partial charge on any atom is -0.381 e. The van der Waals surface area contributed by atoms with Gasteiger partial charge in [0, 0.05) is 58.5 Å². The molecule has 0 radical (unpaired) electrons. The van der Waals surface area contributed by atoms with Gasteiger partial charge in [0.15, 0.2) is 0 Å². The lowest BCUT2D eigenvalue weighted by Crippen LogP contribution is -2.47. The van der Waals surface area contributed by atoms with Gasteiger partial charge in [0.1, 0.15) is 0 Å². The minimum atomic E-state index is 0.696. The smallest absolute Gasteiger partial charge is 0.0480 e. The quantitative estimate of drug-likeness (QED) is 0.732. The van der Waals surface area contributed by atoms with Crippen LogP contribution in [0.25, 0.3) is 0 Å². The van der Waals surface area contributed by atoms with Crippen molar-refractivity contribution in [3.63, 3.8) is 0 Å². The van der Waals surface area contributed by atoms with E-state index in [9.17, 15) is 0 Å². The van der Waals surface area contributed by atoms with Crippen molar-refractivity contribution < 1.29 is 4.74 Å². The third-order valence-electron chi connectivity index (χ3n) is 3.68. The molecule has 0 spiro atoms. The van der Waals surface area contributed by atoms with E-state index in [4.69, 9.17) is 4.74 Å². The molecule has 2 aliphatic heterocycles. The molecule has 0 amide bonds. The average Bonchev–Trinajstić information content (AvgIpc) is 2.33. The van der Waals surface area contributed by atoms with Gasteiger partial charge in [-0.25, -0.2) is 0 Å². The van der Waals surface area contributed by atoms with E-state index < -0.39 is 0 Å². The molecule has 2 rings (SSSR count). The molecule has 0 unspecified atom stereocenters. The van der Waals surface area contributed by atoms with Crippen LogP contribution in [-0.2, 0) is 4.74 Å². The van der Waals surface area contributed by atoms with E-state index >= 15 is 0 Å². The number of hydrogen-bond acceptors (Lipinski definition) is 4. The first-order valence-corrected chi connectivity index (χ1v) is 6.56. The average molecular weight is 227 g/mol. The lowest BCUT2D eigenvalue weighted by atomic mass is 10.1. The van der Waals surface area contributed by atoms with Crippen LogP contribution in [0.3, 0.4) is 0 Å². The van der Waals surface area contributed by atoms with E-state index in [0.29, 0.717) is 6.04 Å². The van der Waals surface area contributed by atoms with Crippen molar-refractivity contribution in [3.8, 4) is 0 Å². The van der Waals surface area contributed by atoms with Crippen LogP contribution < -0.4 is 5.32 Å². The summed E-state index contributed by atoms with van der Waals surface area (Å²) < 4.78 is 5.35. The van der Waals surface area contributed by atoms with Crippen molar-refractivity contribution in [1.29, 1.82) is 0 Å². The molecule has 0 saturated carbocycles. The minimum absolute atomic E-state index is 0.696. The first-order valence-electron chi connectivity index (χ1n) is 6.56. The Balaban J connectivity index is 1.53. The normalized spacial score (nSPS) is 26.1. The summed E-state index contributed by atoms with van der Waals surface area (Å²) in [5, 5.41) is 3.64. The molecule has 4 heteroatoms. The third-order valence-corrected chi connectivity index (χ3v) is 3.68. The SMILES string of the molecule is CN1CCN(CCNC2CCOCC2)CC1. The van der Waals surface area contributed by atoms with Crippen LogP contribution in [0.15, 0.2) is 0 Å². The fraction of sp³-hybridized carbons (Fsp3) is 1.00. The zero-order valence-electron chi connectivity index (χ0n) is 10.5. The van der Waals surface area contributed by atoms with E-state index in [1.807, 2.05) is 0 Å². The number of piperazine rings is 1. The number of rotatable bonds is 4. The van der Waals surface area contributed by atoms with Gasteiger partial charge < -0.3 is 15.0 Å². The Morgan fingerprint density at radius 1 is 1.12 bits per heavy atom. The molecule has 4 nitrogen and oxygen atoms in total. The highest BCUT2D eigenvalue weighted by Crippen LogP contribution is 2.05. The van der Waals surface area contributed by atoms with Crippen molar-refractivity contribution in [1.82, 2.24) is 15.1 Å². The summed E-state index contributed by atoms with van der Waals surface area (Å²) in [6.45, 7) is 9.10. The molecule has 0 bridgehead atoms. The summed E-state index contributed by atoms with van der Waals surface area (Å²) in [6.07, 6.45) is 2.37. The lowest BCUT2D eigenvalue weighted by molar-refractivity contribution is 0.0763. The maximum Gasteiger partial charge on any atom is 0.0480 e. The second kappa shape index (κ2) is 6.55. The van der Waals surface area contributed by atoms with Crippen LogP contribution in [0.1, 0.15) is 12.8 Å². The Morgan fingerprint density at radius 2 is 1.81 bits per heavy atom. The molecular formula is C12H25N3O. The van der Waals surface area contributed by atoms with Gasteiger partial charge in [-0.05, 0) is 19.9 Å². The van der Waals surface area contributed by atoms with Crippen LogP contribution in [0.5, 0.6) is 0 Å². The predicted octanol–water partition coefficient (Wildman–Crippen LogP) is 0.00240. The molecule has 2 aliphatic rings. The lowest BCUT2D eigenvalue weighted by Gasteiger charge is -2.33.